The van der Waals surface area contributed by atoms with Gasteiger partial charge in [0.05, 0.1) is 0 Å². The van der Waals surface area contributed by atoms with E-state index < -0.39 is 0 Å². The highest BCUT2D eigenvalue weighted by Gasteiger charge is 2.17. The summed E-state index contributed by atoms with van der Waals surface area (Å²) in [4.78, 5) is 0. The van der Waals surface area contributed by atoms with Crippen molar-refractivity contribution in [3.63, 3.8) is 0 Å². The second-order valence-electron chi connectivity index (χ2n) is 6.70. The van der Waals surface area contributed by atoms with Crippen LogP contribution in [-0.2, 0) is 5.41 Å². The van der Waals surface area contributed by atoms with Crippen molar-refractivity contribution in [3.05, 3.63) is 65.7 Å². The van der Waals surface area contributed by atoms with E-state index in [1.807, 2.05) is 6.07 Å². The zero-order valence-electron chi connectivity index (χ0n) is 14.8. The van der Waals surface area contributed by atoms with Gasteiger partial charge in [-0.2, -0.15) is 0 Å². The van der Waals surface area contributed by atoms with Crippen molar-refractivity contribution in [3.8, 4) is 5.75 Å². The summed E-state index contributed by atoms with van der Waals surface area (Å²) in [5.74, 6) is 0.940. The van der Waals surface area contributed by atoms with Crippen LogP contribution < -0.4 is 10.1 Å². The quantitative estimate of drug-likeness (QED) is 0.684. The minimum Gasteiger partial charge on any atom is -0.492 e. The predicted molar refractivity (Wildman–Crippen MR) is 98.1 cm³/mol. The molecule has 0 saturated heterocycles. The molecule has 0 heterocycles. The number of hydrogen-bond donors (Lipinski definition) is 1. The lowest BCUT2D eigenvalue weighted by Crippen LogP contribution is -2.24. The molecule has 1 atom stereocenters. The summed E-state index contributed by atoms with van der Waals surface area (Å²) in [6.07, 6.45) is 1.13. The topological polar surface area (TPSA) is 21.3 Å². The first-order chi connectivity index (χ1) is 11.0. The molecule has 23 heavy (non-hydrogen) atoms. The number of nitrogens with one attached hydrogen (secondary N) is 1. The van der Waals surface area contributed by atoms with E-state index in [1.54, 1.807) is 0 Å². The van der Waals surface area contributed by atoms with Crippen molar-refractivity contribution in [2.75, 3.05) is 13.2 Å². The normalized spacial score (nSPS) is 12.9. The van der Waals surface area contributed by atoms with Gasteiger partial charge in [0.25, 0.3) is 0 Å². The lowest BCUT2D eigenvalue weighted by atomic mass is 9.82. The molecule has 0 aromatic heterocycles. The number of benzene rings is 2. The monoisotopic (exact) mass is 311 g/mol. The van der Waals surface area contributed by atoms with Gasteiger partial charge in [0, 0.05) is 12.6 Å². The molecule has 0 radical (unpaired) electrons. The third-order valence-corrected chi connectivity index (χ3v) is 4.64. The number of rotatable bonds is 8. The second-order valence-corrected chi connectivity index (χ2v) is 6.70. The van der Waals surface area contributed by atoms with E-state index in [0.717, 1.165) is 18.7 Å². The maximum Gasteiger partial charge on any atom is 0.119 e. The first-order valence-corrected chi connectivity index (χ1v) is 8.54. The summed E-state index contributed by atoms with van der Waals surface area (Å²) < 4.78 is 5.83. The molecule has 1 unspecified atom stereocenters. The van der Waals surface area contributed by atoms with E-state index in [9.17, 15) is 0 Å². The molecule has 2 heteroatoms. The minimum absolute atomic E-state index is 0.227. The highest BCUT2D eigenvalue weighted by Crippen LogP contribution is 2.27. The van der Waals surface area contributed by atoms with E-state index in [0.29, 0.717) is 12.6 Å². The molecule has 0 amide bonds. The van der Waals surface area contributed by atoms with Gasteiger partial charge in [0.15, 0.2) is 0 Å². The van der Waals surface area contributed by atoms with Crippen molar-refractivity contribution in [1.82, 2.24) is 5.32 Å². The smallest absolute Gasteiger partial charge is 0.119 e. The first kappa shape index (κ1) is 17.6. The van der Waals surface area contributed by atoms with Crippen LogP contribution in [0.4, 0.5) is 0 Å². The highest BCUT2D eigenvalue weighted by atomic mass is 16.5. The molecule has 2 aromatic rings. The Morgan fingerprint density at radius 2 is 1.65 bits per heavy atom. The molecule has 2 nitrogen and oxygen atoms in total. The summed E-state index contributed by atoms with van der Waals surface area (Å²) in [5, 5.41) is 3.49. The maximum atomic E-state index is 5.83. The number of ether oxygens (including phenoxy) is 1. The van der Waals surface area contributed by atoms with Crippen LogP contribution >= 0.6 is 0 Å². The molecule has 0 aliphatic rings. The minimum atomic E-state index is 0.227. The summed E-state index contributed by atoms with van der Waals surface area (Å²) in [6.45, 7) is 10.5. The molecule has 124 valence electrons. The zero-order chi connectivity index (χ0) is 16.7. The third-order valence-electron chi connectivity index (χ3n) is 4.64. The Balaban J connectivity index is 1.76. The predicted octanol–water partition coefficient (Wildman–Crippen LogP) is 5.10. The van der Waals surface area contributed by atoms with Crippen molar-refractivity contribution in [2.45, 2.75) is 45.6 Å². The summed E-state index contributed by atoms with van der Waals surface area (Å²) >= 11 is 0. The van der Waals surface area contributed by atoms with Gasteiger partial charge in [-0.15, -0.1) is 0 Å². The molecular formula is C21H29NO. The van der Waals surface area contributed by atoms with E-state index in [4.69, 9.17) is 4.74 Å². The molecule has 0 aliphatic carbocycles. The SMILES string of the molecule is CCC(C)(C)c1ccc(OCCNC(C)c2ccccc2)cc1. The van der Waals surface area contributed by atoms with Gasteiger partial charge in [-0.3, -0.25) is 0 Å². The first-order valence-electron chi connectivity index (χ1n) is 8.54. The molecule has 0 bridgehead atoms. The second kappa shape index (κ2) is 8.16. The Morgan fingerprint density at radius 3 is 2.26 bits per heavy atom. The maximum absolute atomic E-state index is 5.83. The van der Waals surface area contributed by atoms with E-state index >= 15 is 0 Å². The Kier molecular flexibility index (Phi) is 6.23. The molecule has 0 aliphatic heterocycles. The third kappa shape index (κ3) is 5.11. The number of hydrogen-bond acceptors (Lipinski definition) is 2. The lowest BCUT2D eigenvalue weighted by Gasteiger charge is -2.23. The average molecular weight is 311 g/mol. The largest absolute Gasteiger partial charge is 0.492 e. The Morgan fingerprint density at radius 1 is 1.00 bits per heavy atom. The van der Waals surface area contributed by atoms with Crippen molar-refractivity contribution >= 4 is 0 Å². The highest BCUT2D eigenvalue weighted by molar-refractivity contribution is 5.31. The molecule has 0 spiro atoms. The van der Waals surface area contributed by atoms with Crippen LogP contribution in [0.2, 0.25) is 0 Å². The van der Waals surface area contributed by atoms with Gasteiger partial charge in [-0.1, -0.05) is 63.2 Å². The summed E-state index contributed by atoms with van der Waals surface area (Å²) in [6, 6.07) is 19.3. The van der Waals surface area contributed by atoms with E-state index in [-0.39, 0.29) is 5.41 Å². The van der Waals surface area contributed by atoms with Gasteiger partial charge in [-0.05, 0) is 42.0 Å². The summed E-state index contributed by atoms with van der Waals surface area (Å²) in [5.41, 5.74) is 2.90. The van der Waals surface area contributed by atoms with Crippen molar-refractivity contribution in [2.24, 2.45) is 0 Å². The van der Waals surface area contributed by atoms with Gasteiger partial charge in [-0.25, -0.2) is 0 Å². The lowest BCUT2D eigenvalue weighted by molar-refractivity contribution is 0.307. The van der Waals surface area contributed by atoms with Crippen LogP contribution in [0.3, 0.4) is 0 Å². The molecule has 0 saturated carbocycles. The summed E-state index contributed by atoms with van der Waals surface area (Å²) in [7, 11) is 0. The van der Waals surface area contributed by atoms with Gasteiger partial charge in [0.1, 0.15) is 12.4 Å². The van der Waals surface area contributed by atoms with Crippen LogP contribution in [0.15, 0.2) is 54.6 Å². The van der Waals surface area contributed by atoms with Gasteiger partial charge in [0.2, 0.25) is 0 Å². The molecule has 2 aromatic carbocycles. The fraction of sp³-hybridized carbons (Fsp3) is 0.429. The van der Waals surface area contributed by atoms with Crippen LogP contribution in [-0.4, -0.2) is 13.2 Å². The molecule has 2 rings (SSSR count). The fourth-order valence-corrected chi connectivity index (χ4v) is 2.51. The van der Waals surface area contributed by atoms with Gasteiger partial charge < -0.3 is 10.1 Å². The van der Waals surface area contributed by atoms with Crippen molar-refractivity contribution < 1.29 is 4.74 Å². The van der Waals surface area contributed by atoms with Crippen LogP contribution in [0.5, 0.6) is 5.75 Å². The molecule has 1 N–H and O–H groups in total. The van der Waals surface area contributed by atoms with E-state index in [2.05, 4.69) is 81.5 Å². The Hall–Kier alpha value is -1.80. The fourth-order valence-electron chi connectivity index (χ4n) is 2.51. The Labute approximate surface area is 140 Å². The van der Waals surface area contributed by atoms with Gasteiger partial charge >= 0.3 is 0 Å². The van der Waals surface area contributed by atoms with Crippen molar-refractivity contribution in [1.29, 1.82) is 0 Å². The van der Waals surface area contributed by atoms with Crippen LogP contribution in [0.1, 0.15) is 51.3 Å². The van der Waals surface area contributed by atoms with Crippen LogP contribution in [0.25, 0.3) is 0 Å². The van der Waals surface area contributed by atoms with Crippen LogP contribution in [0, 0.1) is 0 Å². The zero-order valence-corrected chi connectivity index (χ0v) is 14.8. The standard InChI is InChI=1S/C21H29NO/c1-5-21(3,4)19-11-13-20(14-12-19)23-16-15-22-17(2)18-9-7-6-8-10-18/h6-14,17,22H,5,15-16H2,1-4H3. The average Bonchev–Trinajstić information content (AvgIpc) is 2.59. The Bertz CT molecular complexity index is 575. The van der Waals surface area contributed by atoms with E-state index in [1.165, 1.54) is 11.1 Å². The molecule has 0 fully saturated rings. The molecular weight excluding hydrogens is 282 g/mol.